The topological polar surface area (TPSA) is 33.4 Å². The molecule has 0 bridgehead atoms. The molecule has 3 aromatic rings. The van der Waals surface area contributed by atoms with E-state index in [4.69, 9.17) is 0 Å². The zero-order valence-electron chi connectivity index (χ0n) is 12.0. The van der Waals surface area contributed by atoms with E-state index in [0.29, 0.717) is 0 Å². The highest BCUT2D eigenvalue weighted by atomic mass is 15.3. The first-order valence-electron chi connectivity index (χ1n) is 6.76. The molecule has 0 amide bonds. The summed E-state index contributed by atoms with van der Waals surface area (Å²) in [7, 11) is 2.07. The Morgan fingerprint density at radius 1 is 1.10 bits per heavy atom. The van der Waals surface area contributed by atoms with Crippen LogP contribution in [0.15, 0.2) is 48.7 Å². The van der Waals surface area contributed by atoms with E-state index < -0.39 is 0 Å². The van der Waals surface area contributed by atoms with Gasteiger partial charge in [0.2, 0.25) is 0 Å². The second kappa shape index (κ2) is 4.96. The van der Waals surface area contributed by atoms with Crippen molar-refractivity contribution in [3.8, 4) is 0 Å². The average Bonchev–Trinajstić information content (AvgIpc) is 2.87. The van der Waals surface area contributed by atoms with E-state index in [9.17, 15) is 0 Å². The van der Waals surface area contributed by atoms with Gasteiger partial charge in [-0.05, 0) is 31.5 Å². The first-order valence-corrected chi connectivity index (χ1v) is 6.76. The second-order valence-corrected chi connectivity index (χ2v) is 5.03. The number of anilines is 1. The third-order valence-electron chi connectivity index (χ3n) is 3.76. The van der Waals surface area contributed by atoms with Crippen molar-refractivity contribution in [1.29, 1.82) is 0 Å². The number of fused-ring (bicyclic) bond motifs is 1. The quantitative estimate of drug-likeness (QED) is 0.729. The van der Waals surface area contributed by atoms with Gasteiger partial charge < -0.3 is 4.90 Å². The Kier molecular flexibility index (Phi) is 3.14. The number of rotatable bonds is 3. The molecule has 0 fully saturated rings. The summed E-state index contributed by atoms with van der Waals surface area (Å²) >= 11 is 0. The molecule has 0 saturated carbocycles. The maximum Gasteiger partial charge on any atom is 0.149 e. The summed E-state index contributed by atoms with van der Waals surface area (Å²) < 4.78 is 1.88. The van der Waals surface area contributed by atoms with Crippen molar-refractivity contribution in [3.05, 3.63) is 60.0 Å². The molecule has 102 valence electrons. The lowest BCUT2D eigenvalue weighted by atomic mass is 10.1. The van der Waals surface area contributed by atoms with Gasteiger partial charge in [-0.1, -0.05) is 30.3 Å². The SMILES string of the molecule is Cc1ncc2ccc(N(C)C(C)c3ccccc3)nn12. The van der Waals surface area contributed by atoms with Crippen LogP contribution in [0.5, 0.6) is 0 Å². The van der Waals surface area contributed by atoms with Gasteiger partial charge in [0.15, 0.2) is 0 Å². The number of hydrogen-bond donors (Lipinski definition) is 0. The Morgan fingerprint density at radius 2 is 1.85 bits per heavy atom. The fourth-order valence-corrected chi connectivity index (χ4v) is 2.34. The zero-order valence-corrected chi connectivity index (χ0v) is 12.0. The minimum absolute atomic E-state index is 0.268. The molecule has 2 aromatic heterocycles. The molecule has 2 heterocycles. The van der Waals surface area contributed by atoms with Crippen molar-refractivity contribution in [2.24, 2.45) is 0 Å². The minimum atomic E-state index is 0.268. The average molecular weight is 266 g/mol. The van der Waals surface area contributed by atoms with Crippen LogP contribution in [-0.2, 0) is 0 Å². The van der Waals surface area contributed by atoms with Crippen LogP contribution in [0, 0.1) is 6.92 Å². The van der Waals surface area contributed by atoms with Crippen LogP contribution >= 0.6 is 0 Å². The highest BCUT2D eigenvalue weighted by molar-refractivity contribution is 5.50. The summed E-state index contributed by atoms with van der Waals surface area (Å²) in [5.41, 5.74) is 2.30. The number of hydrogen-bond acceptors (Lipinski definition) is 3. The molecule has 4 nitrogen and oxygen atoms in total. The molecule has 1 atom stereocenters. The van der Waals surface area contributed by atoms with Gasteiger partial charge in [0.1, 0.15) is 11.6 Å². The predicted molar refractivity (Wildman–Crippen MR) is 81.0 cm³/mol. The lowest BCUT2D eigenvalue weighted by Crippen LogP contribution is -2.23. The standard InChI is InChI=1S/C16H18N4/c1-12(14-7-5-4-6-8-14)19(3)16-10-9-15-11-17-13(2)20(15)18-16/h4-12H,1-3H3. The molecule has 0 saturated heterocycles. The highest BCUT2D eigenvalue weighted by Crippen LogP contribution is 2.23. The van der Waals surface area contributed by atoms with E-state index in [-0.39, 0.29) is 6.04 Å². The normalized spacial score (nSPS) is 12.6. The molecule has 0 aliphatic rings. The second-order valence-electron chi connectivity index (χ2n) is 5.03. The fourth-order valence-electron chi connectivity index (χ4n) is 2.34. The molecular formula is C16H18N4. The van der Waals surface area contributed by atoms with E-state index in [2.05, 4.69) is 59.3 Å². The van der Waals surface area contributed by atoms with Crippen LogP contribution in [0.2, 0.25) is 0 Å². The third kappa shape index (κ3) is 2.13. The Morgan fingerprint density at radius 3 is 2.60 bits per heavy atom. The number of nitrogens with zero attached hydrogens (tertiary/aromatic N) is 4. The monoisotopic (exact) mass is 266 g/mol. The van der Waals surface area contributed by atoms with Gasteiger partial charge in [-0.3, -0.25) is 0 Å². The van der Waals surface area contributed by atoms with Crippen LogP contribution in [-0.4, -0.2) is 21.6 Å². The summed E-state index contributed by atoms with van der Waals surface area (Å²) in [6.07, 6.45) is 1.84. The van der Waals surface area contributed by atoms with E-state index in [0.717, 1.165) is 17.2 Å². The van der Waals surface area contributed by atoms with Crippen LogP contribution in [0.25, 0.3) is 5.52 Å². The molecule has 0 spiro atoms. The van der Waals surface area contributed by atoms with Gasteiger partial charge in [-0.25, -0.2) is 9.50 Å². The van der Waals surface area contributed by atoms with Crippen molar-refractivity contribution in [2.45, 2.75) is 19.9 Å². The number of imidazole rings is 1. The van der Waals surface area contributed by atoms with Gasteiger partial charge in [-0.2, -0.15) is 0 Å². The molecule has 1 unspecified atom stereocenters. The number of aryl methyl sites for hydroxylation is 1. The molecular weight excluding hydrogens is 248 g/mol. The van der Waals surface area contributed by atoms with E-state index in [1.807, 2.05) is 29.8 Å². The minimum Gasteiger partial charge on any atom is -0.351 e. The number of aromatic nitrogens is 3. The molecule has 20 heavy (non-hydrogen) atoms. The largest absolute Gasteiger partial charge is 0.351 e. The first-order chi connectivity index (χ1) is 9.66. The van der Waals surface area contributed by atoms with Crippen molar-refractivity contribution in [3.63, 3.8) is 0 Å². The molecule has 0 radical (unpaired) electrons. The summed E-state index contributed by atoms with van der Waals surface area (Å²) in [6, 6.07) is 14.8. The third-order valence-corrected chi connectivity index (χ3v) is 3.76. The summed E-state index contributed by atoms with van der Waals surface area (Å²) in [6.45, 7) is 4.15. The van der Waals surface area contributed by atoms with Crippen LogP contribution in [0.1, 0.15) is 24.4 Å². The highest BCUT2D eigenvalue weighted by Gasteiger charge is 2.14. The summed E-state index contributed by atoms with van der Waals surface area (Å²) in [5.74, 6) is 1.84. The van der Waals surface area contributed by atoms with Gasteiger partial charge in [0.25, 0.3) is 0 Å². The van der Waals surface area contributed by atoms with Crippen molar-refractivity contribution < 1.29 is 0 Å². The van der Waals surface area contributed by atoms with Crippen LogP contribution in [0.3, 0.4) is 0 Å². The molecule has 4 heteroatoms. The predicted octanol–water partition coefficient (Wildman–Crippen LogP) is 3.24. The maximum absolute atomic E-state index is 4.66. The van der Waals surface area contributed by atoms with Crippen LogP contribution < -0.4 is 4.90 Å². The van der Waals surface area contributed by atoms with E-state index in [1.54, 1.807) is 0 Å². The lowest BCUT2D eigenvalue weighted by molar-refractivity contribution is 0.712. The van der Waals surface area contributed by atoms with Crippen molar-refractivity contribution in [2.75, 3.05) is 11.9 Å². The fraction of sp³-hybridized carbons (Fsp3) is 0.250. The maximum atomic E-state index is 4.66. The zero-order chi connectivity index (χ0) is 14.1. The smallest absolute Gasteiger partial charge is 0.149 e. The van der Waals surface area contributed by atoms with Gasteiger partial charge >= 0.3 is 0 Å². The molecule has 0 aliphatic carbocycles. The van der Waals surface area contributed by atoms with Crippen LogP contribution in [0.4, 0.5) is 5.82 Å². The molecule has 1 aromatic carbocycles. The molecule has 0 N–H and O–H groups in total. The van der Waals surface area contributed by atoms with Gasteiger partial charge in [0, 0.05) is 7.05 Å². The van der Waals surface area contributed by atoms with Gasteiger partial charge in [-0.15, -0.1) is 5.10 Å². The molecule has 0 aliphatic heterocycles. The Bertz CT molecular complexity index is 718. The van der Waals surface area contributed by atoms with E-state index >= 15 is 0 Å². The Balaban J connectivity index is 1.95. The lowest BCUT2D eigenvalue weighted by Gasteiger charge is -2.26. The summed E-state index contributed by atoms with van der Waals surface area (Å²) in [5, 5.41) is 4.66. The Hall–Kier alpha value is -2.36. The Labute approximate surface area is 118 Å². The number of benzene rings is 1. The van der Waals surface area contributed by atoms with Gasteiger partial charge in [0.05, 0.1) is 17.8 Å². The summed E-state index contributed by atoms with van der Waals surface area (Å²) in [4.78, 5) is 6.46. The van der Waals surface area contributed by atoms with E-state index in [1.165, 1.54) is 5.56 Å². The van der Waals surface area contributed by atoms with Crippen molar-refractivity contribution >= 4 is 11.3 Å². The van der Waals surface area contributed by atoms with Crippen molar-refractivity contribution in [1.82, 2.24) is 14.6 Å². The molecule has 3 rings (SSSR count). The first kappa shape index (κ1) is 12.7.